The number of nitrogens with one attached hydrogen (secondary N) is 1. The predicted molar refractivity (Wildman–Crippen MR) is 53.5 cm³/mol. The third kappa shape index (κ3) is 3.14. The van der Waals surface area contributed by atoms with Gasteiger partial charge in [-0.05, 0) is 6.92 Å². The Morgan fingerprint density at radius 3 is 2.85 bits per heavy atom. The van der Waals surface area contributed by atoms with Gasteiger partial charge in [-0.1, -0.05) is 13.8 Å². The molecule has 3 nitrogen and oxygen atoms in total. The average molecular weight is 198 g/mol. The zero-order valence-electron chi connectivity index (χ0n) is 8.13. The predicted octanol–water partition coefficient (Wildman–Crippen LogP) is 1.72. The lowest BCUT2D eigenvalue weighted by Crippen LogP contribution is -2.27. The first-order valence-corrected chi connectivity index (χ1v) is 5.16. The first-order valence-electron chi connectivity index (χ1n) is 4.28. The zero-order valence-corrected chi connectivity index (χ0v) is 8.94. The summed E-state index contributed by atoms with van der Waals surface area (Å²) in [4.78, 5) is 15.4. The Bertz CT molecular complexity index is 294. The van der Waals surface area contributed by atoms with E-state index >= 15 is 0 Å². The second-order valence-corrected chi connectivity index (χ2v) is 4.29. The van der Waals surface area contributed by atoms with Crippen LogP contribution >= 0.6 is 11.3 Å². The standard InChI is InChI=1S/C9H14N2OS/c1-6(2)9(12)10-4-8-5-13-7(3)11-8/h5-6H,4H2,1-3H3,(H,10,12). The van der Waals surface area contributed by atoms with E-state index < -0.39 is 0 Å². The molecule has 0 spiro atoms. The highest BCUT2D eigenvalue weighted by molar-refractivity contribution is 7.09. The molecule has 0 aliphatic rings. The van der Waals surface area contributed by atoms with Crippen molar-refractivity contribution < 1.29 is 4.79 Å². The summed E-state index contributed by atoms with van der Waals surface area (Å²) in [6.07, 6.45) is 0. The number of nitrogens with zero attached hydrogens (tertiary/aromatic N) is 1. The number of carbonyl (C=O) groups excluding carboxylic acids is 1. The van der Waals surface area contributed by atoms with Crippen LogP contribution in [0.2, 0.25) is 0 Å². The van der Waals surface area contributed by atoms with Gasteiger partial charge in [0.15, 0.2) is 0 Å². The van der Waals surface area contributed by atoms with Crippen LogP contribution in [0.5, 0.6) is 0 Å². The Kier molecular flexibility index (Phi) is 3.42. The van der Waals surface area contributed by atoms with Gasteiger partial charge >= 0.3 is 0 Å². The summed E-state index contributed by atoms with van der Waals surface area (Å²) in [6, 6.07) is 0. The minimum absolute atomic E-state index is 0.0414. The number of aromatic nitrogens is 1. The van der Waals surface area contributed by atoms with Gasteiger partial charge in [0.1, 0.15) is 0 Å². The lowest BCUT2D eigenvalue weighted by Gasteiger charge is -2.04. The van der Waals surface area contributed by atoms with E-state index in [1.54, 1.807) is 11.3 Å². The maximum absolute atomic E-state index is 11.2. The molecule has 0 fully saturated rings. The highest BCUT2D eigenvalue weighted by Crippen LogP contribution is 2.07. The monoisotopic (exact) mass is 198 g/mol. The summed E-state index contributed by atoms with van der Waals surface area (Å²) < 4.78 is 0. The number of hydrogen-bond donors (Lipinski definition) is 1. The van der Waals surface area contributed by atoms with Gasteiger partial charge in [-0.15, -0.1) is 11.3 Å². The molecule has 0 atom stereocenters. The van der Waals surface area contributed by atoms with Gasteiger partial charge < -0.3 is 5.32 Å². The van der Waals surface area contributed by atoms with Gasteiger partial charge in [0.2, 0.25) is 5.91 Å². The third-order valence-corrected chi connectivity index (χ3v) is 2.46. The van der Waals surface area contributed by atoms with E-state index in [4.69, 9.17) is 0 Å². The van der Waals surface area contributed by atoms with Crippen LogP contribution < -0.4 is 5.32 Å². The Morgan fingerprint density at radius 1 is 1.69 bits per heavy atom. The van der Waals surface area contributed by atoms with E-state index in [0.29, 0.717) is 6.54 Å². The molecule has 1 aromatic rings. The molecule has 4 heteroatoms. The van der Waals surface area contributed by atoms with E-state index in [0.717, 1.165) is 10.7 Å². The lowest BCUT2D eigenvalue weighted by molar-refractivity contribution is -0.124. The minimum atomic E-state index is 0.0414. The Balaban J connectivity index is 2.39. The van der Waals surface area contributed by atoms with Crippen molar-refractivity contribution in [3.63, 3.8) is 0 Å². The third-order valence-electron chi connectivity index (χ3n) is 1.63. The molecule has 1 amide bonds. The number of amides is 1. The van der Waals surface area contributed by atoms with E-state index in [-0.39, 0.29) is 11.8 Å². The fraction of sp³-hybridized carbons (Fsp3) is 0.556. The zero-order chi connectivity index (χ0) is 9.84. The summed E-state index contributed by atoms with van der Waals surface area (Å²) in [7, 11) is 0. The largest absolute Gasteiger partial charge is 0.350 e. The van der Waals surface area contributed by atoms with E-state index in [2.05, 4.69) is 10.3 Å². The van der Waals surface area contributed by atoms with Gasteiger partial charge in [0.25, 0.3) is 0 Å². The van der Waals surface area contributed by atoms with Crippen LogP contribution in [0.25, 0.3) is 0 Å². The minimum Gasteiger partial charge on any atom is -0.350 e. The molecule has 0 radical (unpaired) electrons. The van der Waals surface area contributed by atoms with Crippen LogP contribution in [0.3, 0.4) is 0 Å². The molecule has 0 bridgehead atoms. The summed E-state index contributed by atoms with van der Waals surface area (Å²) in [5.41, 5.74) is 0.941. The van der Waals surface area contributed by atoms with Crippen molar-refractivity contribution in [2.45, 2.75) is 27.3 Å². The van der Waals surface area contributed by atoms with Crippen molar-refractivity contribution >= 4 is 17.2 Å². The molecule has 0 unspecified atom stereocenters. The number of aryl methyl sites for hydroxylation is 1. The fourth-order valence-electron chi connectivity index (χ4n) is 0.871. The van der Waals surface area contributed by atoms with Gasteiger partial charge in [0.05, 0.1) is 17.2 Å². The molecule has 72 valence electrons. The average Bonchev–Trinajstić information content (AvgIpc) is 2.47. The number of hydrogen-bond acceptors (Lipinski definition) is 3. The van der Waals surface area contributed by atoms with E-state index in [1.165, 1.54) is 0 Å². The SMILES string of the molecule is Cc1nc(CNC(=O)C(C)C)cs1. The Morgan fingerprint density at radius 2 is 2.38 bits per heavy atom. The van der Waals surface area contributed by atoms with Gasteiger partial charge in [-0.3, -0.25) is 4.79 Å². The number of rotatable bonds is 3. The smallest absolute Gasteiger partial charge is 0.222 e. The van der Waals surface area contributed by atoms with Crippen molar-refractivity contribution in [1.29, 1.82) is 0 Å². The highest BCUT2D eigenvalue weighted by atomic mass is 32.1. The molecule has 0 aromatic carbocycles. The molecule has 0 aliphatic heterocycles. The van der Waals surface area contributed by atoms with Gasteiger partial charge in [-0.2, -0.15) is 0 Å². The molecular formula is C9H14N2OS. The second-order valence-electron chi connectivity index (χ2n) is 3.23. The molecule has 0 aliphatic carbocycles. The topological polar surface area (TPSA) is 42.0 Å². The number of carbonyl (C=O) groups is 1. The quantitative estimate of drug-likeness (QED) is 0.803. The van der Waals surface area contributed by atoms with Crippen LogP contribution in [0, 0.1) is 12.8 Å². The highest BCUT2D eigenvalue weighted by Gasteiger charge is 2.06. The first kappa shape index (κ1) is 10.2. The lowest BCUT2D eigenvalue weighted by atomic mass is 10.2. The van der Waals surface area contributed by atoms with Gasteiger partial charge in [0, 0.05) is 11.3 Å². The van der Waals surface area contributed by atoms with Crippen LogP contribution in [-0.2, 0) is 11.3 Å². The van der Waals surface area contributed by atoms with Crippen LogP contribution in [-0.4, -0.2) is 10.9 Å². The molecule has 1 rings (SSSR count). The van der Waals surface area contributed by atoms with Crippen molar-refractivity contribution in [1.82, 2.24) is 10.3 Å². The van der Waals surface area contributed by atoms with E-state index in [9.17, 15) is 4.79 Å². The molecule has 1 aromatic heterocycles. The normalized spacial score (nSPS) is 10.5. The van der Waals surface area contributed by atoms with Crippen LogP contribution in [0.15, 0.2) is 5.38 Å². The summed E-state index contributed by atoms with van der Waals surface area (Å²) >= 11 is 1.60. The molecule has 13 heavy (non-hydrogen) atoms. The Hall–Kier alpha value is -0.900. The molecular weight excluding hydrogens is 184 g/mol. The summed E-state index contributed by atoms with van der Waals surface area (Å²) in [5, 5.41) is 5.82. The molecule has 0 saturated carbocycles. The molecule has 1 heterocycles. The van der Waals surface area contributed by atoms with Gasteiger partial charge in [-0.25, -0.2) is 4.98 Å². The second kappa shape index (κ2) is 4.37. The summed E-state index contributed by atoms with van der Waals surface area (Å²) in [5.74, 6) is 0.116. The molecule has 0 saturated heterocycles. The van der Waals surface area contributed by atoms with Crippen molar-refractivity contribution in [2.24, 2.45) is 5.92 Å². The van der Waals surface area contributed by atoms with Crippen molar-refractivity contribution in [3.05, 3.63) is 16.1 Å². The first-order chi connectivity index (χ1) is 6.09. The van der Waals surface area contributed by atoms with Crippen LogP contribution in [0.1, 0.15) is 24.5 Å². The fourth-order valence-corrected chi connectivity index (χ4v) is 1.48. The van der Waals surface area contributed by atoms with Crippen molar-refractivity contribution in [3.8, 4) is 0 Å². The number of thiazole rings is 1. The summed E-state index contributed by atoms with van der Waals surface area (Å²) in [6.45, 7) is 6.25. The maximum Gasteiger partial charge on any atom is 0.222 e. The van der Waals surface area contributed by atoms with Crippen molar-refractivity contribution in [2.75, 3.05) is 0 Å². The Labute approximate surface area is 82.2 Å². The molecule has 1 N–H and O–H groups in total. The van der Waals surface area contributed by atoms with Crippen LogP contribution in [0.4, 0.5) is 0 Å². The van der Waals surface area contributed by atoms with E-state index in [1.807, 2.05) is 26.2 Å². The maximum atomic E-state index is 11.2.